The van der Waals surface area contributed by atoms with Crippen LogP contribution < -0.4 is 4.90 Å². The van der Waals surface area contributed by atoms with Gasteiger partial charge in [-0.2, -0.15) is 0 Å². The Kier molecular flexibility index (Phi) is 28.5. The van der Waals surface area contributed by atoms with Crippen LogP contribution in [0.4, 0.5) is 18.9 Å². The molecule has 146 heavy (non-hydrogen) atoms. The first-order chi connectivity index (χ1) is 68.6. The summed E-state index contributed by atoms with van der Waals surface area (Å²) in [5, 5.41) is 0.154. The molecule has 7 aliphatic heterocycles. The van der Waals surface area contributed by atoms with Gasteiger partial charge in [0.2, 0.25) is 0 Å². The molecule has 0 radical (unpaired) electrons. The van der Waals surface area contributed by atoms with Crippen LogP contribution in [0.15, 0.2) is 196 Å². The molecule has 0 N–H and O–H groups in total. The van der Waals surface area contributed by atoms with Crippen LogP contribution in [0.3, 0.4) is 0 Å². The maximum atomic E-state index is 14.2. The molecule has 1 saturated carbocycles. The Morgan fingerprint density at radius 2 is 0.692 bits per heavy atom. The molecule has 3 aromatic carbocycles. The van der Waals surface area contributed by atoms with E-state index in [1.165, 1.54) is 62.1 Å². The third-order valence-corrected chi connectivity index (χ3v) is 30.0. The molecule has 0 bridgehead atoms. The Balaban J connectivity index is 0.000000133. The van der Waals surface area contributed by atoms with Crippen LogP contribution in [0.2, 0.25) is 15.1 Å². The Morgan fingerprint density at radius 3 is 1.02 bits per heavy atom. The molecule has 20 rings (SSSR count). The number of aliphatic imine (C=N–C) groups is 3. The molecule has 766 valence electrons. The van der Waals surface area contributed by atoms with Crippen LogP contribution >= 0.6 is 34.8 Å². The second kappa shape index (κ2) is 39.8. The van der Waals surface area contributed by atoms with Crippen LogP contribution in [0.25, 0.3) is 78.2 Å². The number of rotatable bonds is 12. The zero-order valence-corrected chi connectivity index (χ0v) is 89.8. The Morgan fingerprint density at radius 1 is 0.377 bits per heavy atom. The lowest BCUT2D eigenvalue weighted by molar-refractivity contribution is -0.143. The number of piperazine rings is 4. The molecule has 0 unspecified atom stereocenters. The molecular formula is C115H130Cl3F3N16O9. The largest absolute Gasteiger partial charge is 0.449 e. The number of nitrogens with zero attached hydrogens (tertiary/aromatic N) is 16. The zero-order valence-electron chi connectivity index (χ0n) is 87.5. The number of carbonyl (C=O) groups is 5. The summed E-state index contributed by atoms with van der Waals surface area (Å²) in [6.07, 6.45) is 20.0. The summed E-state index contributed by atoms with van der Waals surface area (Å²) in [6, 6.07) is 32.6. The van der Waals surface area contributed by atoms with Crippen LogP contribution in [-0.4, -0.2) is 221 Å². The van der Waals surface area contributed by atoms with Gasteiger partial charge >= 0.3 is 0 Å². The summed E-state index contributed by atoms with van der Waals surface area (Å²) >= 11 is 17.6. The first-order valence-corrected chi connectivity index (χ1v) is 51.2. The van der Waals surface area contributed by atoms with Gasteiger partial charge in [-0.3, -0.25) is 43.9 Å². The number of hydrogen-bond donors (Lipinski definition) is 0. The van der Waals surface area contributed by atoms with Crippen molar-refractivity contribution in [3.63, 3.8) is 0 Å². The number of pyridine rings is 5. The summed E-state index contributed by atoms with van der Waals surface area (Å²) in [7, 11) is 0. The van der Waals surface area contributed by atoms with Gasteiger partial charge in [-0.15, -0.1) is 0 Å². The van der Waals surface area contributed by atoms with Crippen LogP contribution in [-0.2, 0) is 26.5 Å². The van der Waals surface area contributed by atoms with Gasteiger partial charge in [-0.05, 0) is 199 Å². The first kappa shape index (κ1) is 105. The van der Waals surface area contributed by atoms with Gasteiger partial charge in [-0.1, -0.05) is 150 Å². The lowest BCUT2D eigenvalue weighted by Crippen LogP contribution is -2.64. The van der Waals surface area contributed by atoms with Gasteiger partial charge < -0.3 is 56.9 Å². The number of carbonyl (C=O) groups excluding carboxylic acids is 5. The third-order valence-electron chi connectivity index (χ3n) is 29.0. The molecule has 4 saturated heterocycles. The van der Waals surface area contributed by atoms with Crippen molar-refractivity contribution in [1.29, 1.82) is 0 Å². The minimum atomic E-state index is -1.09. The van der Waals surface area contributed by atoms with Crippen molar-refractivity contribution in [3.8, 4) is 33.8 Å². The van der Waals surface area contributed by atoms with E-state index in [0.717, 1.165) is 88.0 Å². The van der Waals surface area contributed by atoms with E-state index in [-0.39, 0.29) is 89.1 Å². The molecule has 0 spiro atoms. The maximum Gasteiger partial charge on any atom is 0.290 e. The first-order valence-electron chi connectivity index (χ1n) is 50.1. The minimum absolute atomic E-state index is 0.0332. The smallest absolute Gasteiger partial charge is 0.290 e. The van der Waals surface area contributed by atoms with E-state index in [9.17, 15) is 37.1 Å². The number of aromatic nitrogens is 5. The number of amides is 5. The molecule has 25 nitrogen and oxygen atoms in total. The van der Waals surface area contributed by atoms with Crippen molar-refractivity contribution in [3.05, 3.63) is 246 Å². The lowest BCUT2D eigenvalue weighted by atomic mass is 9.72. The van der Waals surface area contributed by atoms with Crippen molar-refractivity contribution in [2.75, 3.05) is 96.5 Å². The average molecular weight is 2040 g/mol. The highest BCUT2D eigenvalue weighted by molar-refractivity contribution is 6.31. The van der Waals surface area contributed by atoms with Crippen LogP contribution in [0, 0.1) is 22.9 Å². The van der Waals surface area contributed by atoms with Gasteiger partial charge in [0.15, 0.2) is 45.4 Å². The van der Waals surface area contributed by atoms with E-state index in [1.807, 2.05) is 90.4 Å². The fourth-order valence-electron chi connectivity index (χ4n) is 20.7. The lowest BCUT2D eigenvalue weighted by Gasteiger charge is -2.47. The van der Waals surface area contributed by atoms with Crippen LogP contribution in [0.1, 0.15) is 254 Å². The summed E-state index contributed by atoms with van der Waals surface area (Å²) < 4.78 is 67.4. The Bertz CT molecular complexity index is 7330. The highest BCUT2D eigenvalue weighted by Crippen LogP contribution is 2.47. The molecule has 12 aromatic rings. The number of halogens is 6. The quantitative estimate of drug-likeness (QED) is 0.110. The number of hydrogen-bond acceptors (Lipinski definition) is 20. The molecule has 5 amide bonds. The van der Waals surface area contributed by atoms with Gasteiger partial charge in [0.25, 0.3) is 29.5 Å². The van der Waals surface area contributed by atoms with E-state index in [4.69, 9.17) is 67.4 Å². The summed E-state index contributed by atoms with van der Waals surface area (Å²) in [5.74, 6) is -1.01. The number of benzene rings is 3. The normalized spacial score (nSPS) is 18.4. The van der Waals surface area contributed by atoms with Crippen molar-refractivity contribution in [2.24, 2.45) is 20.4 Å². The van der Waals surface area contributed by atoms with E-state index in [2.05, 4.69) is 176 Å². The highest BCUT2D eigenvalue weighted by atomic mass is 35.5. The number of fused-ring (bicyclic) bond motifs is 4. The molecule has 8 aliphatic rings. The van der Waals surface area contributed by atoms with Gasteiger partial charge in [-0.25, -0.2) is 33.1 Å². The number of anilines is 1. The fourth-order valence-corrected chi connectivity index (χ4v) is 21.0. The minimum Gasteiger partial charge on any atom is -0.449 e. The summed E-state index contributed by atoms with van der Waals surface area (Å²) in [5.41, 5.74) is 14.5. The van der Waals surface area contributed by atoms with E-state index in [1.54, 1.807) is 78.7 Å². The molecule has 5 fully saturated rings. The monoisotopic (exact) mass is 2040 g/mol. The molecular weight excluding hydrogens is 1910 g/mol. The van der Waals surface area contributed by atoms with Crippen LogP contribution in [0.5, 0.6) is 0 Å². The van der Waals surface area contributed by atoms with Crippen molar-refractivity contribution >= 4 is 133 Å². The van der Waals surface area contributed by atoms with Gasteiger partial charge in [0.1, 0.15) is 45.1 Å². The second-order valence-corrected chi connectivity index (χ2v) is 47.7. The molecule has 0 atom stereocenters. The fraction of sp³-hybridized carbons (Fsp3) is 0.435. The standard InChI is InChI=1S/C30H42N4O2.C29H30ClFN4O2.C28H28ClFN4O3.C28H30ClFN4O2/c1-28(2,3)22-16-23(20-8-11-29(4,5)12-9-20)32-24-17-25(36-26(22)24)27(35)34-15-14-33(19-30(34,6)7)21-10-13-31-18-21;1-28(2,3)20-15-23(18-6-7-21(30)22(31)14-18)33-24-16-25(37-26(20)24)27(36)35-13-12-34(17-29(35,4)5)19-8-10-32-11-9-19;1-27(2,3)18-13-21(16-6-7-19(29)20(30)12-16)32-22-14-23(37-24(18)22)25(35)34-11-10-33(17-8-9-31-15-17)26(36)28(34,4)5;1-27(2,3)19-13-22(17-6-7-20(29)21(30)12-17)32-23-14-24(36-25(19)23)26(35)34-11-10-33(16-28(34,4)5)18-8-9-31-15-18/h10,16-18,20H,8-9,11-15,19H2,1-7H3;6-11,14-16H,12-13,17H2,1-5H3;6-8,12-15H,9-11H2,1-5H3;6-8,12-15H,9-11,16H2,1-5H3. The van der Waals surface area contributed by atoms with E-state index >= 15 is 0 Å². The average Bonchev–Trinajstić information content (AvgIpc) is 1.55. The van der Waals surface area contributed by atoms with Gasteiger partial charge in [0, 0.05) is 184 Å². The predicted molar refractivity (Wildman–Crippen MR) is 573 cm³/mol. The molecule has 9 aromatic heterocycles. The summed E-state index contributed by atoms with van der Waals surface area (Å²) in [6.45, 7) is 54.7. The predicted octanol–water partition coefficient (Wildman–Crippen LogP) is 24.7. The Hall–Kier alpha value is -12.8. The third kappa shape index (κ3) is 21.7. The van der Waals surface area contributed by atoms with E-state index < -0.39 is 34.1 Å². The zero-order chi connectivity index (χ0) is 105. The van der Waals surface area contributed by atoms with Crippen molar-refractivity contribution < 1.29 is 54.8 Å². The van der Waals surface area contributed by atoms with Gasteiger partial charge in [0.05, 0.1) is 85.5 Å². The summed E-state index contributed by atoms with van der Waals surface area (Å²) in [4.78, 5) is 120. The maximum absolute atomic E-state index is 14.2. The SMILES string of the molecule is CC(C)(C)c1cc(-c2ccc(Cl)c(F)c2)nc2cc(C(=O)N3CCN(C4=CCN=C4)C(=O)C3(C)C)oc12.CC(C)(C)c1cc(-c2ccc(Cl)c(F)c2)nc2cc(C(=O)N3CCN(C4=CCN=C4)CC3(C)C)oc12.CC(C)(C)c1cc(-c2ccc(Cl)c(F)c2)nc2cc(C(=O)N3CCN(c4ccncc4)CC3(C)C)oc12.CC1(C)CCC(c2cc(C(C)(C)C)c3oc(C(=O)N4CCN(C5=CCN=C5)CC4(C)C)cc3n2)CC1. The second-order valence-electron chi connectivity index (χ2n) is 46.5. The van der Waals surface area contributed by atoms with Crippen molar-refractivity contribution in [1.82, 2.24) is 59.2 Å². The number of allylic oxidation sites excluding steroid dienone is 3. The molecule has 31 heteroatoms. The molecule has 1 aliphatic carbocycles. The number of furan rings is 4. The Labute approximate surface area is 866 Å². The highest BCUT2D eigenvalue weighted by Gasteiger charge is 2.48. The molecule has 16 heterocycles. The van der Waals surface area contributed by atoms with Crippen molar-refractivity contribution in [2.45, 2.75) is 228 Å². The van der Waals surface area contributed by atoms with E-state index in [0.29, 0.717) is 150 Å². The topological polar surface area (TPSA) is 265 Å².